The number of aliphatic hydroxyl groups excluding tert-OH is 1. The molecule has 1 N–H and O–H groups in total. The summed E-state index contributed by atoms with van der Waals surface area (Å²) in [5.41, 5.74) is -0.111. The zero-order valence-corrected chi connectivity index (χ0v) is 11.7. The van der Waals surface area contributed by atoms with Gasteiger partial charge in [-0.3, -0.25) is 0 Å². The van der Waals surface area contributed by atoms with Crippen molar-refractivity contribution >= 4 is 0 Å². The predicted octanol–water partition coefficient (Wildman–Crippen LogP) is 2.43. The normalized spacial score (nSPS) is 21.2. The van der Waals surface area contributed by atoms with Crippen LogP contribution in [-0.2, 0) is 4.74 Å². The van der Waals surface area contributed by atoms with E-state index in [4.69, 9.17) is 4.74 Å². The molecule has 102 valence electrons. The Morgan fingerprint density at radius 3 is 2.29 bits per heavy atom. The number of nitrogens with zero attached hydrogens (tertiary/aromatic N) is 1. The van der Waals surface area contributed by atoms with E-state index in [1.54, 1.807) is 0 Å². The third-order valence-electron chi connectivity index (χ3n) is 3.69. The standard InChI is InChI=1S/C14H29NO2/c1-4-14(2,3)17-12-13(16)11-15-9-7-5-6-8-10-15/h13,16H,4-12H2,1-3H3/t13-/m1/s1. The van der Waals surface area contributed by atoms with Crippen LogP contribution in [0.3, 0.4) is 0 Å². The van der Waals surface area contributed by atoms with Gasteiger partial charge in [-0.05, 0) is 46.2 Å². The van der Waals surface area contributed by atoms with Gasteiger partial charge in [0, 0.05) is 6.54 Å². The molecule has 0 unspecified atom stereocenters. The second-order valence-electron chi connectivity index (χ2n) is 5.79. The number of hydrogen-bond donors (Lipinski definition) is 1. The van der Waals surface area contributed by atoms with E-state index in [1.807, 2.05) is 0 Å². The summed E-state index contributed by atoms with van der Waals surface area (Å²) in [5.74, 6) is 0. The van der Waals surface area contributed by atoms with Crippen molar-refractivity contribution in [3.63, 3.8) is 0 Å². The number of rotatable bonds is 6. The molecule has 0 spiro atoms. The van der Waals surface area contributed by atoms with Gasteiger partial charge in [-0.1, -0.05) is 19.8 Å². The van der Waals surface area contributed by atoms with Crippen molar-refractivity contribution in [3.8, 4) is 0 Å². The van der Waals surface area contributed by atoms with Crippen LogP contribution in [0.4, 0.5) is 0 Å². The molecule has 1 atom stereocenters. The van der Waals surface area contributed by atoms with Crippen molar-refractivity contribution in [2.75, 3.05) is 26.2 Å². The minimum absolute atomic E-state index is 0.111. The Morgan fingerprint density at radius 1 is 1.18 bits per heavy atom. The van der Waals surface area contributed by atoms with Crippen LogP contribution in [0.1, 0.15) is 52.9 Å². The molecule has 1 rings (SSSR count). The molecule has 0 aliphatic carbocycles. The highest BCUT2D eigenvalue weighted by Gasteiger charge is 2.19. The van der Waals surface area contributed by atoms with Crippen LogP contribution in [0.5, 0.6) is 0 Å². The Morgan fingerprint density at radius 2 is 1.76 bits per heavy atom. The van der Waals surface area contributed by atoms with Gasteiger partial charge in [0.1, 0.15) is 0 Å². The lowest BCUT2D eigenvalue weighted by atomic mass is 10.1. The zero-order valence-electron chi connectivity index (χ0n) is 11.7. The molecule has 0 aromatic rings. The van der Waals surface area contributed by atoms with Crippen LogP contribution in [0.25, 0.3) is 0 Å². The summed E-state index contributed by atoms with van der Waals surface area (Å²) in [4.78, 5) is 2.37. The van der Waals surface area contributed by atoms with Gasteiger partial charge in [-0.15, -0.1) is 0 Å². The van der Waals surface area contributed by atoms with Gasteiger partial charge in [-0.25, -0.2) is 0 Å². The highest BCUT2D eigenvalue weighted by molar-refractivity contribution is 4.70. The fourth-order valence-electron chi connectivity index (χ4n) is 2.09. The Bertz CT molecular complexity index is 198. The minimum Gasteiger partial charge on any atom is -0.389 e. The Kier molecular flexibility index (Phi) is 6.45. The molecule has 1 aliphatic rings. The Labute approximate surface area is 106 Å². The number of hydrogen-bond acceptors (Lipinski definition) is 3. The van der Waals surface area contributed by atoms with Gasteiger partial charge < -0.3 is 14.7 Å². The van der Waals surface area contributed by atoms with Crippen molar-refractivity contribution in [2.24, 2.45) is 0 Å². The summed E-state index contributed by atoms with van der Waals surface area (Å²) in [5, 5.41) is 9.99. The number of aliphatic hydroxyl groups is 1. The number of likely N-dealkylation sites (tertiary alicyclic amines) is 1. The van der Waals surface area contributed by atoms with Crippen molar-refractivity contribution < 1.29 is 9.84 Å². The molecule has 1 heterocycles. The monoisotopic (exact) mass is 243 g/mol. The minimum atomic E-state index is -0.348. The summed E-state index contributed by atoms with van der Waals surface area (Å²) in [7, 11) is 0. The molecule has 0 radical (unpaired) electrons. The summed E-state index contributed by atoms with van der Waals surface area (Å²) in [6, 6.07) is 0. The lowest BCUT2D eigenvalue weighted by molar-refractivity contribution is -0.0670. The lowest BCUT2D eigenvalue weighted by Gasteiger charge is -2.28. The molecular formula is C14H29NO2. The molecule has 0 amide bonds. The second kappa shape index (κ2) is 7.34. The molecule has 0 aromatic carbocycles. The summed E-state index contributed by atoms with van der Waals surface area (Å²) in [6.07, 6.45) is 5.85. The van der Waals surface area contributed by atoms with Crippen molar-refractivity contribution in [1.29, 1.82) is 0 Å². The molecule has 1 saturated heterocycles. The first kappa shape index (κ1) is 14.9. The molecule has 0 bridgehead atoms. The van der Waals surface area contributed by atoms with E-state index in [9.17, 15) is 5.11 Å². The first-order chi connectivity index (χ1) is 8.03. The molecular weight excluding hydrogens is 214 g/mol. The largest absolute Gasteiger partial charge is 0.389 e. The van der Waals surface area contributed by atoms with E-state index in [2.05, 4.69) is 25.7 Å². The molecule has 1 fully saturated rings. The second-order valence-corrected chi connectivity index (χ2v) is 5.79. The number of ether oxygens (including phenoxy) is 1. The van der Waals surface area contributed by atoms with Gasteiger partial charge in [0.05, 0.1) is 18.3 Å². The van der Waals surface area contributed by atoms with Crippen LogP contribution >= 0.6 is 0 Å². The molecule has 3 heteroatoms. The van der Waals surface area contributed by atoms with Gasteiger partial charge in [0.15, 0.2) is 0 Å². The Hall–Kier alpha value is -0.120. The summed E-state index contributed by atoms with van der Waals surface area (Å²) in [6.45, 7) is 9.75. The van der Waals surface area contributed by atoms with Crippen LogP contribution in [0.15, 0.2) is 0 Å². The van der Waals surface area contributed by atoms with Gasteiger partial charge >= 0.3 is 0 Å². The molecule has 17 heavy (non-hydrogen) atoms. The molecule has 3 nitrogen and oxygen atoms in total. The highest BCUT2D eigenvalue weighted by Crippen LogP contribution is 2.14. The van der Waals surface area contributed by atoms with Gasteiger partial charge in [0.2, 0.25) is 0 Å². The van der Waals surface area contributed by atoms with E-state index >= 15 is 0 Å². The smallest absolute Gasteiger partial charge is 0.0900 e. The van der Waals surface area contributed by atoms with Gasteiger partial charge in [0.25, 0.3) is 0 Å². The van der Waals surface area contributed by atoms with Crippen LogP contribution < -0.4 is 0 Å². The fraction of sp³-hybridized carbons (Fsp3) is 1.00. The van der Waals surface area contributed by atoms with Gasteiger partial charge in [-0.2, -0.15) is 0 Å². The maximum absolute atomic E-state index is 9.99. The third kappa shape index (κ3) is 6.39. The predicted molar refractivity (Wildman–Crippen MR) is 71.2 cm³/mol. The summed E-state index contributed by atoms with van der Waals surface area (Å²) < 4.78 is 5.74. The lowest BCUT2D eigenvalue weighted by Crippen LogP contribution is -2.37. The van der Waals surface area contributed by atoms with E-state index in [1.165, 1.54) is 25.7 Å². The number of β-amino-alcohol motifs (C(OH)–C–C–N with tert-alkyl or cyclic N) is 1. The van der Waals surface area contributed by atoms with Crippen molar-refractivity contribution in [1.82, 2.24) is 4.90 Å². The average molecular weight is 243 g/mol. The molecule has 0 saturated carbocycles. The topological polar surface area (TPSA) is 32.7 Å². The van der Waals surface area contributed by atoms with Crippen LogP contribution in [0.2, 0.25) is 0 Å². The van der Waals surface area contributed by atoms with Crippen molar-refractivity contribution in [3.05, 3.63) is 0 Å². The molecule has 1 aliphatic heterocycles. The SMILES string of the molecule is CCC(C)(C)OC[C@H](O)CN1CCCCCC1. The maximum Gasteiger partial charge on any atom is 0.0900 e. The van der Waals surface area contributed by atoms with Crippen LogP contribution in [0, 0.1) is 0 Å². The Balaban J connectivity index is 2.21. The summed E-state index contributed by atoms with van der Waals surface area (Å²) >= 11 is 0. The van der Waals surface area contributed by atoms with E-state index < -0.39 is 0 Å². The van der Waals surface area contributed by atoms with E-state index in [0.29, 0.717) is 6.61 Å². The zero-order chi connectivity index (χ0) is 12.7. The third-order valence-corrected chi connectivity index (χ3v) is 3.69. The highest BCUT2D eigenvalue weighted by atomic mass is 16.5. The maximum atomic E-state index is 9.99. The van der Waals surface area contributed by atoms with Crippen LogP contribution in [-0.4, -0.2) is 48.0 Å². The van der Waals surface area contributed by atoms with E-state index in [0.717, 1.165) is 26.1 Å². The first-order valence-electron chi connectivity index (χ1n) is 7.08. The quantitative estimate of drug-likeness (QED) is 0.777. The van der Waals surface area contributed by atoms with E-state index in [-0.39, 0.29) is 11.7 Å². The molecule has 0 aromatic heterocycles. The fourth-order valence-corrected chi connectivity index (χ4v) is 2.09. The first-order valence-corrected chi connectivity index (χ1v) is 7.08. The van der Waals surface area contributed by atoms with Crippen molar-refractivity contribution in [2.45, 2.75) is 64.6 Å². The average Bonchev–Trinajstić information content (AvgIpc) is 2.55.